The largest absolute Gasteiger partial charge is 0.371 e. The molecule has 0 aliphatic rings. The third-order valence-corrected chi connectivity index (χ3v) is 4.24. The summed E-state index contributed by atoms with van der Waals surface area (Å²) in [5.41, 5.74) is 1.92. The van der Waals surface area contributed by atoms with Crippen molar-refractivity contribution in [3.8, 4) is 11.3 Å². The van der Waals surface area contributed by atoms with Gasteiger partial charge in [-0.3, -0.25) is 0 Å². The highest BCUT2D eigenvalue weighted by atomic mass is 32.1. The predicted octanol–water partition coefficient (Wildman–Crippen LogP) is 4.08. The molecule has 0 aliphatic carbocycles. The highest BCUT2D eigenvalue weighted by Gasteiger charge is 2.27. The normalized spacial score (nSPS) is 14.5. The number of methoxy groups -OCH3 is 1. The molecule has 1 heterocycles. The van der Waals surface area contributed by atoms with E-state index >= 15 is 0 Å². The fraction of sp³-hybridized carbons (Fsp3) is 0.357. The van der Waals surface area contributed by atoms with Gasteiger partial charge in [0.05, 0.1) is 5.69 Å². The van der Waals surface area contributed by atoms with Crippen molar-refractivity contribution in [3.05, 3.63) is 40.7 Å². The highest BCUT2D eigenvalue weighted by Crippen LogP contribution is 2.33. The van der Waals surface area contributed by atoms with E-state index in [1.165, 1.54) is 0 Å². The Bertz CT molecular complexity index is 474. The first-order valence-electron chi connectivity index (χ1n) is 5.76. The van der Waals surface area contributed by atoms with Crippen LogP contribution < -0.4 is 0 Å². The zero-order valence-corrected chi connectivity index (χ0v) is 11.3. The van der Waals surface area contributed by atoms with E-state index in [0.717, 1.165) is 22.7 Å². The van der Waals surface area contributed by atoms with Gasteiger partial charge in [-0.2, -0.15) is 0 Å². The van der Waals surface area contributed by atoms with Gasteiger partial charge >= 0.3 is 0 Å². The van der Waals surface area contributed by atoms with Gasteiger partial charge in [-0.05, 0) is 13.3 Å². The Kier molecular flexibility index (Phi) is 3.60. The molecule has 2 nitrogen and oxygen atoms in total. The summed E-state index contributed by atoms with van der Waals surface area (Å²) < 4.78 is 5.57. The molecule has 0 saturated heterocycles. The van der Waals surface area contributed by atoms with E-state index in [-0.39, 0.29) is 5.60 Å². The predicted molar refractivity (Wildman–Crippen MR) is 72.2 cm³/mol. The zero-order valence-electron chi connectivity index (χ0n) is 10.4. The lowest BCUT2D eigenvalue weighted by Crippen LogP contribution is -2.22. The molecular formula is C14H17NOS. The molecule has 2 rings (SSSR count). The van der Waals surface area contributed by atoms with Gasteiger partial charge in [0.25, 0.3) is 0 Å². The first kappa shape index (κ1) is 12.3. The number of hydrogen-bond donors (Lipinski definition) is 0. The number of aromatic nitrogens is 1. The lowest BCUT2D eigenvalue weighted by Gasteiger charge is -2.23. The molecule has 0 bridgehead atoms. The number of nitrogens with zero attached hydrogens (tertiary/aromatic N) is 1. The summed E-state index contributed by atoms with van der Waals surface area (Å²) >= 11 is 1.66. The van der Waals surface area contributed by atoms with Crippen LogP contribution >= 0.6 is 11.3 Å². The molecule has 0 fully saturated rings. The molecule has 2 aromatic rings. The van der Waals surface area contributed by atoms with Crippen LogP contribution in [-0.4, -0.2) is 12.1 Å². The molecule has 0 saturated carbocycles. The number of ether oxygens (including phenoxy) is 1. The molecule has 1 aromatic heterocycles. The van der Waals surface area contributed by atoms with Gasteiger partial charge in [0.15, 0.2) is 0 Å². The van der Waals surface area contributed by atoms with Gasteiger partial charge in [0.1, 0.15) is 10.6 Å². The molecule has 0 amide bonds. The van der Waals surface area contributed by atoms with Crippen LogP contribution in [0.25, 0.3) is 11.3 Å². The third kappa shape index (κ3) is 2.40. The van der Waals surface area contributed by atoms with Crippen molar-refractivity contribution in [2.45, 2.75) is 25.9 Å². The fourth-order valence-electron chi connectivity index (χ4n) is 1.64. The monoisotopic (exact) mass is 247 g/mol. The number of thiazole rings is 1. The molecule has 1 aromatic carbocycles. The summed E-state index contributed by atoms with van der Waals surface area (Å²) in [6.45, 7) is 4.20. The van der Waals surface area contributed by atoms with Crippen LogP contribution in [0.5, 0.6) is 0 Å². The molecule has 0 aliphatic heterocycles. The molecule has 3 heteroatoms. The van der Waals surface area contributed by atoms with Gasteiger partial charge in [0, 0.05) is 18.1 Å². The van der Waals surface area contributed by atoms with Crippen molar-refractivity contribution < 1.29 is 4.74 Å². The van der Waals surface area contributed by atoms with Crippen molar-refractivity contribution in [2.24, 2.45) is 0 Å². The fourth-order valence-corrected chi connectivity index (χ4v) is 2.68. The van der Waals surface area contributed by atoms with E-state index < -0.39 is 0 Å². The van der Waals surface area contributed by atoms with Crippen molar-refractivity contribution >= 4 is 11.3 Å². The van der Waals surface area contributed by atoms with E-state index in [2.05, 4.69) is 36.3 Å². The lowest BCUT2D eigenvalue weighted by molar-refractivity contribution is -0.00149. The summed E-state index contributed by atoms with van der Waals surface area (Å²) in [5, 5.41) is 3.14. The lowest BCUT2D eigenvalue weighted by atomic mass is 10.0. The average molecular weight is 247 g/mol. The Morgan fingerprint density at radius 2 is 2.00 bits per heavy atom. The van der Waals surface area contributed by atoms with Crippen LogP contribution in [0.3, 0.4) is 0 Å². The summed E-state index contributed by atoms with van der Waals surface area (Å²) in [6.07, 6.45) is 0.922. The smallest absolute Gasteiger partial charge is 0.125 e. The molecule has 0 N–H and O–H groups in total. The van der Waals surface area contributed by atoms with Crippen molar-refractivity contribution in [1.29, 1.82) is 0 Å². The number of rotatable bonds is 4. The maximum absolute atomic E-state index is 5.57. The molecule has 0 spiro atoms. The average Bonchev–Trinajstić information content (AvgIpc) is 2.89. The van der Waals surface area contributed by atoms with Gasteiger partial charge in [0.2, 0.25) is 0 Å². The van der Waals surface area contributed by atoms with E-state index in [1.54, 1.807) is 18.4 Å². The van der Waals surface area contributed by atoms with Crippen molar-refractivity contribution in [2.75, 3.05) is 7.11 Å². The maximum atomic E-state index is 5.57. The second-order valence-corrected chi connectivity index (χ2v) is 5.05. The molecule has 17 heavy (non-hydrogen) atoms. The Hall–Kier alpha value is -1.19. The zero-order chi connectivity index (χ0) is 12.3. The minimum absolute atomic E-state index is 0.266. The van der Waals surface area contributed by atoms with E-state index in [9.17, 15) is 0 Å². The van der Waals surface area contributed by atoms with E-state index in [0.29, 0.717) is 0 Å². The van der Waals surface area contributed by atoms with E-state index in [4.69, 9.17) is 4.74 Å². The Labute approximate surface area is 106 Å². The quantitative estimate of drug-likeness (QED) is 0.812. The van der Waals surface area contributed by atoms with Crippen LogP contribution in [0, 0.1) is 0 Å². The van der Waals surface area contributed by atoms with E-state index in [1.807, 2.05) is 18.2 Å². The third-order valence-electron chi connectivity index (χ3n) is 3.15. The van der Waals surface area contributed by atoms with Crippen LogP contribution in [0.15, 0.2) is 35.7 Å². The van der Waals surface area contributed by atoms with Crippen molar-refractivity contribution in [1.82, 2.24) is 4.98 Å². The van der Waals surface area contributed by atoms with Crippen LogP contribution in [0.4, 0.5) is 0 Å². The van der Waals surface area contributed by atoms with Crippen LogP contribution in [0.1, 0.15) is 25.3 Å². The van der Waals surface area contributed by atoms with Crippen LogP contribution in [0.2, 0.25) is 0 Å². The first-order valence-corrected chi connectivity index (χ1v) is 6.64. The summed E-state index contributed by atoms with van der Waals surface area (Å²) in [5.74, 6) is 0. The topological polar surface area (TPSA) is 22.1 Å². The standard InChI is InChI=1S/C14H17NOS/c1-4-14(2,16-3)13-15-12(10-17-13)11-8-6-5-7-9-11/h5-10H,4H2,1-3H3. The van der Waals surface area contributed by atoms with Crippen LogP contribution in [-0.2, 0) is 10.3 Å². The molecule has 1 atom stereocenters. The SMILES string of the molecule is CCC(C)(OC)c1nc(-c2ccccc2)cs1. The summed E-state index contributed by atoms with van der Waals surface area (Å²) in [7, 11) is 1.74. The highest BCUT2D eigenvalue weighted by molar-refractivity contribution is 7.10. The van der Waals surface area contributed by atoms with Gasteiger partial charge in [-0.25, -0.2) is 4.98 Å². The second-order valence-electron chi connectivity index (χ2n) is 4.19. The molecule has 0 radical (unpaired) electrons. The number of benzene rings is 1. The van der Waals surface area contributed by atoms with Gasteiger partial charge < -0.3 is 4.74 Å². The first-order chi connectivity index (χ1) is 8.19. The summed E-state index contributed by atoms with van der Waals surface area (Å²) in [6, 6.07) is 10.2. The molecule has 90 valence electrons. The molecule has 1 unspecified atom stereocenters. The Morgan fingerprint density at radius 1 is 1.29 bits per heavy atom. The minimum Gasteiger partial charge on any atom is -0.371 e. The number of hydrogen-bond acceptors (Lipinski definition) is 3. The minimum atomic E-state index is -0.266. The van der Waals surface area contributed by atoms with Gasteiger partial charge in [-0.1, -0.05) is 37.3 Å². The van der Waals surface area contributed by atoms with Crippen molar-refractivity contribution in [3.63, 3.8) is 0 Å². The Balaban J connectivity index is 2.34. The Morgan fingerprint density at radius 3 is 2.59 bits per heavy atom. The molecular weight excluding hydrogens is 230 g/mol. The van der Waals surface area contributed by atoms with Gasteiger partial charge in [-0.15, -0.1) is 11.3 Å². The summed E-state index contributed by atoms with van der Waals surface area (Å²) in [4.78, 5) is 4.69. The maximum Gasteiger partial charge on any atom is 0.125 e. The second kappa shape index (κ2) is 4.98.